The van der Waals surface area contributed by atoms with Crippen LogP contribution in [0.4, 0.5) is 0 Å². The van der Waals surface area contributed by atoms with Crippen molar-refractivity contribution in [1.29, 1.82) is 0 Å². The first-order valence-corrected chi connectivity index (χ1v) is 7.98. The summed E-state index contributed by atoms with van der Waals surface area (Å²) in [7, 11) is 1.60. The molecule has 0 bridgehead atoms. The summed E-state index contributed by atoms with van der Waals surface area (Å²) in [6.45, 7) is 2.21. The van der Waals surface area contributed by atoms with E-state index in [4.69, 9.17) is 9.15 Å². The van der Waals surface area contributed by atoms with Crippen LogP contribution in [0.1, 0.15) is 16.7 Å². The monoisotopic (exact) mass is 337 g/mol. The number of hydrogen-bond acceptors (Lipinski definition) is 4. The lowest BCUT2D eigenvalue weighted by atomic mass is 10.1. The molecule has 1 heterocycles. The number of carbonyl (C=O) groups is 1. The number of aryl methyl sites for hydroxylation is 1. The molecule has 1 aromatic heterocycles. The Hall–Kier alpha value is -3.08. The Morgan fingerprint density at radius 2 is 1.88 bits per heavy atom. The van der Waals surface area contributed by atoms with E-state index < -0.39 is 5.63 Å². The lowest BCUT2D eigenvalue weighted by Gasteiger charge is -2.08. The first-order valence-electron chi connectivity index (χ1n) is 7.98. The SMILES string of the molecule is COc1ccc(CC(=O)NCc2cc(=O)oc3cc(C)ccc23)cc1. The van der Waals surface area contributed by atoms with Gasteiger partial charge in [-0.05, 0) is 41.8 Å². The third-order valence-corrected chi connectivity index (χ3v) is 3.99. The summed E-state index contributed by atoms with van der Waals surface area (Å²) in [5, 5.41) is 3.69. The summed E-state index contributed by atoms with van der Waals surface area (Å²) >= 11 is 0. The van der Waals surface area contributed by atoms with E-state index in [9.17, 15) is 9.59 Å². The van der Waals surface area contributed by atoms with Crippen LogP contribution in [0.3, 0.4) is 0 Å². The summed E-state index contributed by atoms with van der Waals surface area (Å²) in [5.74, 6) is 0.639. The predicted octanol–water partition coefficient (Wildman–Crippen LogP) is 2.97. The quantitative estimate of drug-likeness (QED) is 0.727. The Morgan fingerprint density at radius 1 is 1.12 bits per heavy atom. The summed E-state index contributed by atoms with van der Waals surface area (Å²) < 4.78 is 10.3. The third kappa shape index (κ3) is 4.07. The number of ether oxygens (including phenoxy) is 1. The molecule has 3 rings (SSSR count). The lowest BCUT2D eigenvalue weighted by molar-refractivity contribution is -0.120. The van der Waals surface area contributed by atoms with Crippen LogP contribution in [-0.2, 0) is 17.8 Å². The van der Waals surface area contributed by atoms with E-state index >= 15 is 0 Å². The van der Waals surface area contributed by atoms with Gasteiger partial charge in [0.05, 0.1) is 13.5 Å². The lowest BCUT2D eigenvalue weighted by Crippen LogP contribution is -2.25. The van der Waals surface area contributed by atoms with Crippen molar-refractivity contribution in [3.05, 3.63) is 75.6 Å². The topological polar surface area (TPSA) is 68.5 Å². The van der Waals surface area contributed by atoms with Crippen molar-refractivity contribution in [2.75, 3.05) is 7.11 Å². The minimum Gasteiger partial charge on any atom is -0.497 e. The highest BCUT2D eigenvalue weighted by molar-refractivity contribution is 5.82. The molecule has 0 aliphatic carbocycles. The average Bonchev–Trinajstić information content (AvgIpc) is 2.59. The highest BCUT2D eigenvalue weighted by Crippen LogP contribution is 2.18. The van der Waals surface area contributed by atoms with Gasteiger partial charge in [-0.3, -0.25) is 4.79 Å². The molecule has 5 heteroatoms. The maximum atomic E-state index is 12.2. The highest BCUT2D eigenvalue weighted by Gasteiger charge is 2.08. The number of benzene rings is 2. The van der Waals surface area contributed by atoms with Crippen molar-refractivity contribution in [2.24, 2.45) is 0 Å². The van der Waals surface area contributed by atoms with Crippen LogP contribution in [0.5, 0.6) is 5.75 Å². The molecule has 0 spiro atoms. The molecule has 1 amide bonds. The number of hydrogen-bond donors (Lipinski definition) is 1. The maximum absolute atomic E-state index is 12.2. The van der Waals surface area contributed by atoms with E-state index in [1.807, 2.05) is 49.4 Å². The minimum atomic E-state index is -0.419. The number of carbonyl (C=O) groups excluding carboxylic acids is 1. The molecule has 128 valence electrons. The molecule has 0 radical (unpaired) electrons. The van der Waals surface area contributed by atoms with Gasteiger partial charge in [0.25, 0.3) is 0 Å². The van der Waals surface area contributed by atoms with E-state index in [1.54, 1.807) is 7.11 Å². The van der Waals surface area contributed by atoms with Crippen molar-refractivity contribution >= 4 is 16.9 Å². The van der Waals surface area contributed by atoms with E-state index in [2.05, 4.69) is 5.32 Å². The van der Waals surface area contributed by atoms with Crippen LogP contribution in [-0.4, -0.2) is 13.0 Å². The molecule has 2 aromatic carbocycles. The van der Waals surface area contributed by atoms with Gasteiger partial charge in [-0.1, -0.05) is 24.3 Å². The van der Waals surface area contributed by atoms with Gasteiger partial charge in [-0.15, -0.1) is 0 Å². The molecule has 0 saturated heterocycles. The average molecular weight is 337 g/mol. The van der Waals surface area contributed by atoms with Crippen LogP contribution in [0, 0.1) is 6.92 Å². The molecule has 0 atom stereocenters. The summed E-state index contributed by atoms with van der Waals surface area (Å²) in [4.78, 5) is 23.9. The second-order valence-corrected chi connectivity index (χ2v) is 5.89. The molecule has 0 saturated carbocycles. The Balaban J connectivity index is 1.71. The third-order valence-electron chi connectivity index (χ3n) is 3.99. The number of rotatable bonds is 5. The molecule has 1 N–H and O–H groups in total. The van der Waals surface area contributed by atoms with Crippen LogP contribution in [0.2, 0.25) is 0 Å². The largest absolute Gasteiger partial charge is 0.497 e. The Labute approximate surface area is 145 Å². The first-order chi connectivity index (χ1) is 12.0. The Kier molecular flexibility index (Phi) is 4.84. The van der Waals surface area contributed by atoms with Gasteiger partial charge in [-0.2, -0.15) is 0 Å². The zero-order valence-electron chi connectivity index (χ0n) is 14.2. The molecule has 3 aromatic rings. The maximum Gasteiger partial charge on any atom is 0.336 e. The normalized spacial score (nSPS) is 10.6. The van der Waals surface area contributed by atoms with Crippen molar-refractivity contribution in [2.45, 2.75) is 19.9 Å². The van der Waals surface area contributed by atoms with Crippen LogP contribution < -0.4 is 15.7 Å². The van der Waals surface area contributed by atoms with Crippen molar-refractivity contribution in [3.63, 3.8) is 0 Å². The van der Waals surface area contributed by atoms with E-state index in [1.165, 1.54) is 6.07 Å². The second-order valence-electron chi connectivity index (χ2n) is 5.89. The molecule has 0 fully saturated rings. The van der Waals surface area contributed by atoms with Crippen LogP contribution in [0.15, 0.2) is 57.7 Å². The smallest absolute Gasteiger partial charge is 0.336 e. The second kappa shape index (κ2) is 7.21. The molecular weight excluding hydrogens is 318 g/mol. The van der Waals surface area contributed by atoms with Gasteiger partial charge in [0.15, 0.2) is 0 Å². The fourth-order valence-corrected chi connectivity index (χ4v) is 2.67. The highest BCUT2D eigenvalue weighted by atomic mass is 16.5. The number of nitrogens with one attached hydrogen (secondary N) is 1. The molecular formula is C20H19NO4. The minimum absolute atomic E-state index is 0.112. The first kappa shape index (κ1) is 16.8. The van der Waals surface area contributed by atoms with Crippen molar-refractivity contribution in [1.82, 2.24) is 5.32 Å². The van der Waals surface area contributed by atoms with Crippen LogP contribution in [0.25, 0.3) is 11.0 Å². The fourth-order valence-electron chi connectivity index (χ4n) is 2.67. The summed E-state index contributed by atoms with van der Waals surface area (Å²) in [6.07, 6.45) is 0.266. The van der Waals surface area contributed by atoms with E-state index in [-0.39, 0.29) is 18.9 Å². The molecule has 0 unspecified atom stereocenters. The number of amides is 1. The van der Waals surface area contributed by atoms with Gasteiger partial charge in [0.1, 0.15) is 11.3 Å². The molecule has 25 heavy (non-hydrogen) atoms. The summed E-state index contributed by atoms with van der Waals surface area (Å²) in [5.41, 5.74) is 2.77. The zero-order valence-corrected chi connectivity index (χ0v) is 14.2. The van der Waals surface area contributed by atoms with E-state index in [0.29, 0.717) is 5.58 Å². The Bertz CT molecular complexity index is 958. The number of methoxy groups -OCH3 is 1. The van der Waals surface area contributed by atoms with Gasteiger partial charge >= 0.3 is 5.63 Å². The van der Waals surface area contributed by atoms with E-state index in [0.717, 1.165) is 27.8 Å². The zero-order chi connectivity index (χ0) is 17.8. The predicted molar refractivity (Wildman–Crippen MR) is 95.8 cm³/mol. The summed E-state index contributed by atoms with van der Waals surface area (Å²) in [6, 6.07) is 14.4. The Morgan fingerprint density at radius 3 is 2.60 bits per heavy atom. The standard InChI is InChI=1S/C20H19NO4/c1-13-3-8-17-15(11-20(23)25-18(17)9-13)12-21-19(22)10-14-4-6-16(24-2)7-5-14/h3-9,11H,10,12H2,1-2H3,(H,21,22). The van der Waals surface area contributed by atoms with Gasteiger partial charge in [0.2, 0.25) is 5.91 Å². The molecule has 0 aliphatic rings. The molecule has 5 nitrogen and oxygen atoms in total. The van der Waals surface area contributed by atoms with Crippen molar-refractivity contribution in [3.8, 4) is 5.75 Å². The van der Waals surface area contributed by atoms with Gasteiger partial charge in [0, 0.05) is 18.0 Å². The number of fused-ring (bicyclic) bond motifs is 1. The molecule has 0 aliphatic heterocycles. The van der Waals surface area contributed by atoms with Gasteiger partial charge < -0.3 is 14.5 Å². The fraction of sp³-hybridized carbons (Fsp3) is 0.200. The van der Waals surface area contributed by atoms with Crippen LogP contribution >= 0.6 is 0 Å². The van der Waals surface area contributed by atoms with Gasteiger partial charge in [-0.25, -0.2) is 4.79 Å². The van der Waals surface area contributed by atoms with Crippen molar-refractivity contribution < 1.29 is 13.9 Å².